The monoisotopic (exact) mass is 273 g/mol. The fraction of sp³-hybridized carbons (Fsp3) is 0.727. The van der Waals surface area contributed by atoms with Gasteiger partial charge in [-0.25, -0.2) is 14.5 Å². The van der Waals surface area contributed by atoms with E-state index in [4.69, 9.17) is 14.2 Å². The summed E-state index contributed by atoms with van der Waals surface area (Å²) >= 11 is 0. The molecule has 1 aromatic rings. The molecule has 0 saturated heterocycles. The summed E-state index contributed by atoms with van der Waals surface area (Å²) in [6, 6.07) is 0. The van der Waals surface area contributed by atoms with Gasteiger partial charge in [-0.15, -0.1) is 5.10 Å². The molecule has 0 radical (unpaired) electrons. The van der Waals surface area contributed by atoms with E-state index in [1.165, 1.54) is 18.1 Å². The van der Waals surface area contributed by atoms with Crippen molar-refractivity contribution in [2.45, 2.75) is 6.54 Å². The fourth-order valence-electron chi connectivity index (χ4n) is 1.21. The number of rotatable bonds is 10. The molecule has 0 N–H and O–H groups in total. The van der Waals surface area contributed by atoms with E-state index in [9.17, 15) is 4.79 Å². The van der Waals surface area contributed by atoms with E-state index in [-0.39, 0.29) is 5.82 Å². The normalized spacial score (nSPS) is 10.6. The zero-order valence-electron chi connectivity index (χ0n) is 11.2. The molecule has 19 heavy (non-hydrogen) atoms. The summed E-state index contributed by atoms with van der Waals surface area (Å²) in [5.41, 5.74) is 0. The van der Waals surface area contributed by atoms with Crippen molar-refractivity contribution in [3.63, 3.8) is 0 Å². The Labute approximate surface area is 111 Å². The number of methoxy groups -OCH3 is 2. The lowest BCUT2D eigenvalue weighted by atomic mass is 10.6. The molecule has 0 saturated carbocycles. The first-order chi connectivity index (χ1) is 9.27. The summed E-state index contributed by atoms with van der Waals surface area (Å²) in [4.78, 5) is 14.9. The number of carbonyl (C=O) groups is 1. The van der Waals surface area contributed by atoms with Crippen molar-refractivity contribution in [1.29, 1.82) is 0 Å². The Morgan fingerprint density at radius 2 is 1.84 bits per heavy atom. The number of aromatic nitrogens is 3. The van der Waals surface area contributed by atoms with Crippen LogP contribution in [0.15, 0.2) is 6.33 Å². The number of hydrogen-bond donors (Lipinski definition) is 0. The van der Waals surface area contributed by atoms with E-state index in [0.29, 0.717) is 39.6 Å². The van der Waals surface area contributed by atoms with Gasteiger partial charge in [0.05, 0.1) is 46.7 Å². The molecular weight excluding hydrogens is 254 g/mol. The predicted molar refractivity (Wildman–Crippen MR) is 64.9 cm³/mol. The molecular formula is C11H19N3O5. The lowest BCUT2D eigenvalue weighted by Gasteiger charge is -2.05. The van der Waals surface area contributed by atoms with Gasteiger partial charge in [-0.1, -0.05) is 0 Å². The molecule has 0 atom stereocenters. The Hall–Kier alpha value is -1.51. The minimum absolute atomic E-state index is 0.0467. The summed E-state index contributed by atoms with van der Waals surface area (Å²) < 4.78 is 21.4. The van der Waals surface area contributed by atoms with Gasteiger partial charge in [-0.2, -0.15) is 0 Å². The molecule has 1 heterocycles. The van der Waals surface area contributed by atoms with Crippen LogP contribution in [0.25, 0.3) is 0 Å². The molecule has 8 nitrogen and oxygen atoms in total. The number of nitrogens with zero attached hydrogens (tertiary/aromatic N) is 3. The standard InChI is InChI=1S/C11H19N3O5/c1-16-5-6-19-8-7-18-4-3-14-9-12-10(13-14)11(15)17-2/h9H,3-8H2,1-2H3. The van der Waals surface area contributed by atoms with Gasteiger partial charge in [0.25, 0.3) is 5.82 Å². The molecule has 0 bridgehead atoms. The molecule has 0 amide bonds. The molecule has 0 aliphatic heterocycles. The molecule has 1 rings (SSSR count). The lowest BCUT2D eigenvalue weighted by molar-refractivity contribution is 0.0225. The second-order valence-corrected chi connectivity index (χ2v) is 3.54. The van der Waals surface area contributed by atoms with E-state index in [1.54, 1.807) is 7.11 Å². The van der Waals surface area contributed by atoms with Crippen LogP contribution in [0.2, 0.25) is 0 Å². The molecule has 0 spiro atoms. The quantitative estimate of drug-likeness (QED) is 0.429. The average molecular weight is 273 g/mol. The highest BCUT2D eigenvalue weighted by molar-refractivity contribution is 5.84. The van der Waals surface area contributed by atoms with Gasteiger partial charge < -0.3 is 18.9 Å². The van der Waals surface area contributed by atoms with Crippen LogP contribution in [0.5, 0.6) is 0 Å². The highest BCUT2D eigenvalue weighted by atomic mass is 16.5. The van der Waals surface area contributed by atoms with Crippen molar-refractivity contribution in [3.8, 4) is 0 Å². The third kappa shape index (κ3) is 6.27. The van der Waals surface area contributed by atoms with Crippen LogP contribution in [-0.2, 0) is 25.5 Å². The van der Waals surface area contributed by atoms with Gasteiger partial charge in [-0.05, 0) is 0 Å². The average Bonchev–Trinajstić information content (AvgIpc) is 2.89. The predicted octanol–water partition coefficient (Wildman–Crippen LogP) is -0.256. The second kappa shape index (κ2) is 9.42. The molecule has 8 heteroatoms. The van der Waals surface area contributed by atoms with Crippen LogP contribution in [-0.4, -0.2) is 68.0 Å². The van der Waals surface area contributed by atoms with Gasteiger partial charge >= 0.3 is 5.97 Å². The zero-order valence-corrected chi connectivity index (χ0v) is 11.2. The maximum Gasteiger partial charge on any atom is 0.377 e. The maximum absolute atomic E-state index is 11.1. The molecule has 1 aromatic heterocycles. The van der Waals surface area contributed by atoms with Crippen molar-refractivity contribution < 1.29 is 23.7 Å². The summed E-state index contributed by atoms with van der Waals surface area (Å²) in [6.45, 7) is 3.15. The Morgan fingerprint density at radius 1 is 1.16 bits per heavy atom. The van der Waals surface area contributed by atoms with Gasteiger partial charge in [0.15, 0.2) is 0 Å². The fourth-order valence-corrected chi connectivity index (χ4v) is 1.21. The van der Waals surface area contributed by atoms with Gasteiger partial charge in [0, 0.05) is 7.11 Å². The minimum atomic E-state index is -0.550. The lowest BCUT2D eigenvalue weighted by Crippen LogP contribution is -2.12. The first kappa shape index (κ1) is 15.5. The third-order valence-corrected chi connectivity index (χ3v) is 2.17. The van der Waals surface area contributed by atoms with Gasteiger partial charge in [0.1, 0.15) is 6.33 Å². The van der Waals surface area contributed by atoms with E-state index in [1.807, 2.05) is 0 Å². The summed E-state index contributed by atoms with van der Waals surface area (Å²) in [5, 5.41) is 3.94. The van der Waals surface area contributed by atoms with Crippen LogP contribution in [0.3, 0.4) is 0 Å². The maximum atomic E-state index is 11.1. The Kier molecular flexibility index (Phi) is 7.71. The Balaban J connectivity index is 2.06. The van der Waals surface area contributed by atoms with Crippen molar-refractivity contribution in [3.05, 3.63) is 12.2 Å². The van der Waals surface area contributed by atoms with E-state index >= 15 is 0 Å². The molecule has 0 unspecified atom stereocenters. The molecule has 0 fully saturated rings. The van der Waals surface area contributed by atoms with E-state index < -0.39 is 5.97 Å². The number of carbonyl (C=O) groups excluding carboxylic acids is 1. The van der Waals surface area contributed by atoms with Crippen molar-refractivity contribution in [2.75, 3.05) is 47.3 Å². The summed E-state index contributed by atoms with van der Waals surface area (Å²) in [6.07, 6.45) is 1.46. The van der Waals surface area contributed by atoms with Gasteiger partial charge in [0.2, 0.25) is 0 Å². The molecule has 0 aromatic carbocycles. The van der Waals surface area contributed by atoms with Crippen molar-refractivity contribution >= 4 is 5.97 Å². The van der Waals surface area contributed by atoms with Crippen molar-refractivity contribution in [2.24, 2.45) is 0 Å². The topological polar surface area (TPSA) is 84.7 Å². The molecule has 0 aliphatic carbocycles. The minimum Gasteiger partial charge on any atom is -0.463 e. The summed E-state index contributed by atoms with van der Waals surface area (Å²) in [7, 11) is 2.91. The largest absolute Gasteiger partial charge is 0.463 e. The molecule has 108 valence electrons. The van der Waals surface area contributed by atoms with Gasteiger partial charge in [-0.3, -0.25) is 0 Å². The summed E-state index contributed by atoms with van der Waals surface area (Å²) in [5.74, 6) is -0.503. The Bertz CT molecular complexity index is 369. The van der Waals surface area contributed by atoms with Crippen LogP contribution in [0, 0.1) is 0 Å². The van der Waals surface area contributed by atoms with Crippen LogP contribution < -0.4 is 0 Å². The highest BCUT2D eigenvalue weighted by Crippen LogP contribution is 1.93. The smallest absolute Gasteiger partial charge is 0.377 e. The molecule has 0 aliphatic rings. The van der Waals surface area contributed by atoms with Crippen molar-refractivity contribution in [1.82, 2.24) is 14.8 Å². The van der Waals surface area contributed by atoms with E-state index in [2.05, 4.69) is 14.8 Å². The van der Waals surface area contributed by atoms with Crippen LogP contribution in [0.4, 0.5) is 0 Å². The van der Waals surface area contributed by atoms with E-state index in [0.717, 1.165) is 0 Å². The first-order valence-corrected chi connectivity index (χ1v) is 5.90. The third-order valence-electron chi connectivity index (χ3n) is 2.17. The SMILES string of the molecule is COCCOCCOCCn1cnc(C(=O)OC)n1. The number of hydrogen-bond acceptors (Lipinski definition) is 7. The number of ether oxygens (including phenoxy) is 4. The van der Waals surface area contributed by atoms with Crippen LogP contribution in [0.1, 0.15) is 10.6 Å². The second-order valence-electron chi connectivity index (χ2n) is 3.54. The first-order valence-electron chi connectivity index (χ1n) is 5.90. The Morgan fingerprint density at radius 3 is 2.53 bits per heavy atom. The highest BCUT2D eigenvalue weighted by Gasteiger charge is 2.10. The number of esters is 1. The zero-order chi connectivity index (χ0) is 13.9. The van der Waals surface area contributed by atoms with Crippen LogP contribution >= 0.6 is 0 Å².